The van der Waals surface area contributed by atoms with E-state index in [9.17, 15) is 29.0 Å². The molecule has 6 atom stereocenters. The number of halogens is 1. The summed E-state index contributed by atoms with van der Waals surface area (Å²) < 4.78 is 30.6. The summed E-state index contributed by atoms with van der Waals surface area (Å²) in [5, 5.41) is 32.3. The minimum atomic E-state index is -1.54. The second kappa shape index (κ2) is 10.5. The van der Waals surface area contributed by atoms with Gasteiger partial charge in [-0.25, -0.2) is 9.18 Å². The number of ether oxygens (including phenoxy) is 3. The van der Waals surface area contributed by atoms with Gasteiger partial charge in [0.1, 0.15) is 30.2 Å². The maximum atomic E-state index is 13.7. The van der Waals surface area contributed by atoms with E-state index in [1.54, 1.807) is 30.3 Å². The van der Waals surface area contributed by atoms with Crippen LogP contribution in [-0.2, 0) is 19.0 Å². The summed E-state index contributed by atoms with van der Waals surface area (Å²) >= 11 is 0. The molecule has 1 saturated heterocycles. The fraction of sp³-hybridized carbons (Fsp3) is 0.364. The molecule has 35 heavy (non-hydrogen) atoms. The first-order valence-electron chi connectivity index (χ1n) is 10.5. The second-order valence-electron chi connectivity index (χ2n) is 7.76. The number of rotatable bonds is 7. The number of aromatic nitrogens is 2. The Kier molecular flexibility index (Phi) is 7.45. The molecule has 2 aliphatic heterocycles. The molecule has 0 unspecified atom stereocenters. The Hall–Kier alpha value is -3.33. The normalized spacial score (nSPS) is 28.6. The average Bonchev–Trinajstić information content (AvgIpc) is 3.13. The fourth-order valence-electron chi connectivity index (χ4n) is 3.57. The third-order valence-corrected chi connectivity index (χ3v) is 5.42. The molecule has 0 radical (unpaired) electrons. The smallest absolute Gasteiger partial charge is 0.351 e. The maximum Gasteiger partial charge on any atom is 0.351 e. The number of benzene rings is 1. The van der Waals surface area contributed by atoms with Crippen LogP contribution < -0.4 is 11.0 Å². The van der Waals surface area contributed by atoms with Crippen molar-refractivity contribution < 1.29 is 43.5 Å². The van der Waals surface area contributed by atoms with Crippen molar-refractivity contribution in [3.8, 4) is 0 Å². The van der Waals surface area contributed by atoms with E-state index in [4.69, 9.17) is 19.3 Å². The van der Waals surface area contributed by atoms with E-state index in [2.05, 4.69) is 10.3 Å². The van der Waals surface area contributed by atoms with Gasteiger partial charge in [-0.3, -0.25) is 14.2 Å². The Bertz CT molecular complexity index is 1170. The summed E-state index contributed by atoms with van der Waals surface area (Å²) in [6, 6.07) is 9.62. The molecule has 1 aromatic carbocycles. The molecule has 12 nitrogen and oxygen atoms in total. The minimum absolute atomic E-state index is 0.0238. The lowest BCUT2D eigenvalue weighted by atomic mass is 10.1. The molecule has 13 heteroatoms. The van der Waals surface area contributed by atoms with Gasteiger partial charge in [0.2, 0.25) is 5.78 Å². The number of nitrogens with one attached hydrogen (secondary N) is 1. The number of hydrogen-bond donors (Lipinski definition) is 4. The van der Waals surface area contributed by atoms with Gasteiger partial charge in [0, 0.05) is 17.8 Å². The Morgan fingerprint density at radius 1 is 1.14 bits per heavy atom. The fourth-order valence-corrected chi connectivity index (χ4v) is 3.57. The van der Waals surface area contributed by atoms with Crippen LogP contribution in [0.1, 0.15) is 16.6 Å². The lowest BCUT2D eigenvalue weighted by Gasteiger charge is -2.26. The van der Waals surface area contributed by atoms with Crippen molar-refractivity contribution in [1.82, 2.24) is 9.55 Å². The quantitative estimate of drug-likeness (QED) is 0.387. The molecular formula is C22H22FN3O9. The monoisotopic (exact) mass is 491 g/mol. The van der Waals surface area contributed by atoms with Gasteiger partial charge in [0.05, 0.1) is 13.2 Å². The third-order valence-electron chi connectivity index (χ3n) is 5.42. The van der Waals surface area contributed by atoms with Crippen molar-refractivity contribution in [2.75, 3.05) is 18.5 Å². The van der Waals surface area contributed by atoms with E-state index < -0.39 is 73.4 Å². The van der Waals surface area contributed by atoms with E-state index in [0.717, 1.165) is 10.6 Å². The van der Waals surface area contributed by atoms with Crippen LogP contribution in [0.4, 0.5) is 10.2 Å². The Morgan fingerprint density at radius 2 is 1.89 bits per heavy atom. The molecule has 0 spiro atoms. The van der Waals surface area contributed by atoms with Crippen LogP contribution in [-0.4, -0.2) is 80.5 Å². The molecule has 2 aliphatic rings. The highest BCUT2D eigenvalue weighted by molar-refractivity contribution is 6.03. The van der Waals surface area contributed by atoms with Gasteiger partial charge in [0.25, 0.3) is 5.91 Å². The van der Waals surface area contributed by atoms with Crippen molar-refractivity contribution in [2.24, 2.45) is 0 Å². The third kappa shape index (κ3) is 5.35. The maximum absolute atomic E-state index is 13.7. The summed E-state index contributed by atoms with van der Waals surface area (Å²) in [6.07, 6.45) is -6.28. The van der Waals surface area contributed by atoms with Gasteiger partial charge < -0.3 is 34.8 Å². The number of aliphatic hydroxyl groups excluding tert-OH is 3. The highest BCUT2D eigenvalue weighted by atomic mass is 19.1. The number of anilines is 1. The molecule has 3 heterocycles. The number of aliphatic hydroxyl groups is 3. The van der Waals surface area contributed by atoms with Crippen LogP contribution in [0, 0.1) is 0 Å². The van der Waals surface area contributed by atoms with Crippen molar-refractivity contribution in [1.29, 1.82) is 0 Å². The zero-order valence-electron chi connectivity index (χ0n) is 18.1. The summed E-state index contributed by atoms with van der Waals surface area (Å²) in [6.45, 7) is -1.15. The van der Waals surface area contributed by atoms with Crippen molar-refractivity contribution in [3.63, 3.8) is 0 Å². The Labute approximate surface area is 197 Å². The van der Waals surface area contributed by atoms with Gasteiger partial charge in [-0.1, -0.05) is 18.2 Å². The standard InChI is InChI=1S/C22H22FN3O9/c23-12-8-16(34-13(9-27)17(12)28)33-10-14-18(29)19(30)21(35-14)26-7-6-15(25-22(26)32)24-20(31)11-4-2-1-3-5-11/h1-8,13-14,16,18-19,21,27,29-30H,9-10H2,(H,24,25,31,32)/t13-,14-,16-,18-,19-,21-/m1/s1. The second-order valence-corrected chi connectivity index (χ2v) is 7.76. The Balaban J connectivity index is 1.40. The van der Waals surface area contributed by atoms with Gasteiger partial charge in [-0.2, -0.15) is 4.98 Å². The number of ketones is 1. The number of carbonyl (C=O) groups excluding carboxylic acids is 2. The Morgan fingerprint density at radius 3 is 2.57 bits per heavy atom. The minimum Gasteiger partial charge on any atom is -0.393 e. The van der Waals surface area contributed by atoms with Crippen molar-refractivity contribution >= 4 is 17.5 Å². The predicted octanol–water partition coefficient (Wildman–Crippen LogP) is -0.729. The van der Waals surface area contributed by atoms with E-state index in [1.807, 2.05) is 0 Å². The first kappa shape index (κ1) is 24.8. The molecular weight excluding hydrogens is 469 g/mol. The zero-order valence-corrected chi connectivity index (χ0v) is 18.1. The van der Waals surface area contributed by atoms with Crippen LogP contribution in [0.2, 0.25) is 0 Å². The van der Waals surface area contributed by atoms with Gasteiger partial charge in [-0.05, 0) is 18.2 Å². The summed E-state index contributed by atoms with van der Waals surface area (Å²) in [7, 11) is 0. The molecule has 0 saturated carbocycles. The number of Topliss-reactive ketones (excluding diaryl/α,β-unsaturated/α-hetero) is 1. The van der Waals surface area contributed by atoms with Crippen LogP contribution in [0.3, 0.4) is 0 Å². The van der Waals surface area contributed by atoms with Gasteiger partial charge >= 0.3 is 5.69 Å². The number of hydrogen-bond acceptors (Lipinski definition) is 10. The van der Waals surface area contributed by atoms with Crippen molar-refractivity contribution in [3.05, 3.63) is 70.5 Å². The van der Waals surface area contributed by atoms with Crippen molar-refractivity contribution in [2.45, 2.75) is 36.9 Å². The SMILES string of the molecule is O=C(Nc1ccn([C@@H]2O[C@H](CO[C@H]3C=C(F)C(=O)[C@@H](CO)O3)[C@@H](O)[C@H]2O)c(=O)n1)c1ccccc1. The van der Waals surface area contributed by atoms with E-state index in [0.29, 0.717) is 5.56 Å². The van der Waals surface area contributed by atoms with E-state index in [-0.39, 0.29) is 5.82 Å². The van der Waals surface area contributed by atoms with Gasteiger partial charge in [0.15, 0.2) is 18.3 Å². The molecule has 1 aromatic heterocycles. The number of nitrogens with zero attached hydrogens (tertiary/aromatic N) is 2. The zero-order chi connectivity index (χ0) is 25.1. The van der Waals surface area contributed by atoms with Crippen LogP contribution in [0.25, 0.3) is 0 Å². The highest BCUT2D eigenvalue weighted by Crippen LogP contribution is 2.29. The van der Waals surface area contributed by atoms with Crippen LogP contribution >= 0.6 is 0 Å². The molecule has 0 aliphatic carbocycles. The van der Waals surface area contributed by atoms with E-state index >= 15 is 0 Å². The van der Waals surface area contributed by atoms with Crippen LogP contribution in [0.15, 0.2) is 59.3 Å². The number of amides is 1. The van der Waals surface area contributed by atoms with Crippen LogP contribution in [0.5, 0.6) is 0 Å². The highest BCUT2D eigenvalue weighted by Gasteiger charge is 2.45. The lowest BCUT2D eigenvalue weighted by molar-refractivity contribution is -0.185. The first-order chi connectivity index (χ1) is 16.8. The van der Waals surface area contributed by atoms with E-state index in [1.165, 1.54) is 12.3 Å². The average molecular weight is 491 g/mol. The molecule has 1 amide bonds. The molecule has 186 valence electrons. The van der Waals surface area contributed by atoms with Gasteiger partial charge in [-0.15, -0.1) is 0 Å². The molecule has 1 fully saturated rings. The number of carbonyl (C=O) groups is 2. The molecule has 4 N–H and O–H groups in total. The molecule has 0 bridgehead atoms. The summed E-state index contributed by atoms with van der Waals surface area (Å²) in [5.41, 5.74) is -0.496. The molecule has 2 aromatic rings. The summed E-state index contributed by atoms with van der Waals surface area (Å²) in [5.74, 6) is -2.65. The largest absolute Gasteiger partial charge is 0.393 e. The predicted molar refractivity (Wildman–Crippen MR) is 115 cm³/mol. The summed E-state index contributed by atoms with van der Waals surface area (Å²) in [4.78, 5) is 40.0. The topological polar surface area (TPSA) is 169 Å². The lowest BCUT2D eigenvalue weighted by Crippen LogP contribution is -2.40. The first-order valence-corrected chi connectivity index (χ1v) is 10.5. The molecule has 4 rings (SSSR count).